The van der Waals surface area contributed by atoms with Crippen molar-refractivity contribution in [2.75, 3.05) is 18.5 Å². The molecule has 0 spiro atoms. The summed E-state index contributed by atoms with van der Waals surface area (Å²) < 4.78 is 11.2. The number of hydrogen-bond acceptors (Lipinski definition) is 4. The number of carbonyl (C=O) groups is 1. The van der Waals surface area contributed by atoms with Crippen molar-refractivity contribution >= 4 is 11.6 Å². The van der Waals surface area contributed by atoms with Crippen LogP contribution in [0.5, 0.6) is 11.5 Å². The van der Waals surface area contributed by atoms with Crippen LogP contribution < -0.4 is 20.1 Å². The lowest BCUT2D eigenvalue weighted by Crippen LogP contribution is -2.61. The summed E-state index contributed by atoms with van der Waals surface area (Å²) in [6.45, 7) is 3.09. The van der Waals surface area contributed by atoms with Gasteiger partial charge >= 0.3 is 0 Å². The Kier molecular flexibility index (Phi) is 3.80. The molecule has 6 rings (SSSR count). The number of amides is 1. The SMILES string of the molecule is C[C@@H](Nc1ccc2c(c1)OCCO2)C(=O)NC12CC3CC(CC(C3)C1)C2. The molecule has 0 unspecified atom stereocenters. The topological polar surface area (TPSA) is 59.6 Å². The van der Waals surface area contributed by atoms with Crippen LogP contribution in [0, 0.1) is 17.8 Å². The molecule has 0 aromatic heterocycles. The Labute approximate surface area is 154 Å². The standard InChI is InChI=1S/C21H28N2O3/c1-13(22-17-2-3-18-19(9-17)26-5-4-25-18)20(24)23-21-10-14-6-15(11-21)8-16(7-14)12-21/h2-3,9,13-16,22H,4-8,10-12H2,1H3,(H,23,24)/t13-,14?,15?,16?,21?/m1/s1. The van der Waals surface area contributed by atoms with Gasteiger partial charge in [0.15, 0.2) is 11.5 Å². The van der Waals surface area contributed by atoms with E-state index in [1.54, 1.807) is 0 Å². The molecule has 1 aromatic rings. The number of ether oxygens (including phenoxy) is 2. The van der Waals surface area contributed by atoms with Gasteiger partial charge in [-0.3, -0.25) is 4.79 Å². The van der Waals surface area contributed by atoms with E-state index in [9.17, 15) is 4.79 Å². The Morgan fingerprint density at radius 3 is 2.31 bits per heavy atom. The zero-order chi connectivity index (χ0) is 17.7. The molecule has 4 saturated carbocycles. The molecular formula is C21H28N2O3. The van der Waals surface area contributed by atoms with Gasteiger partial charge in [-0.05, 0) is 75.3 Å². The Morgan fingerprint density at radius 2 is 1.65 bits per heavy atom. The molecule has 1 amide bonds. The minimum Gasteiger partial charge on any atom is -0.486 e. The third kappa shape index (κ3) is 2.91. The summed E-state index contributed by atoms with van der Waals surface area (Å²) in [5, 5.41) is 6.78. The van der Waals surface area contributed by atoms with Crippen LogP contribution in [0.15, 0.2) is 18.2 Å². The van der Waals surface area contributed by atoms with Gasteiger partial charge < -0.3 is 20.1 Å². The van der Waals surface area contributed by atoms with E-state index in [1.165, 1.54) is 38.5 Å². The summed E-state index contributed by atoms with van der Waals surface area (Å²) >= 11 is 0. The molecule has 5 nitrogen and oxygen atoms in total. The highest BCUT2D eigenvalue weighted by molar-refractivity contribution is 5.85. The lowest BCUT2D eigenvalue weighted by molar-refractivity contribution is -0.127. The fraction of sp³-hybridized carbons (Fsp3) is 0.667. The summed E-state index contributed by atoms with van der Waals surface area (Å²) in [7, 11) is 0. The van der Waals surface area contributed by atoms with E-state index in [0.29, 0.717) is 13.2 Å². The van der Waals surface area contributed by atoms with Gasteiger partial charge in [-0.1, -0.05) is 0 Å². The van der Waals surface area contributed by atoms with Gasteiger partial charge in [0, 0.05) is 17.3 Å². The maximum atomic E-state index is 12.9. The fourth-order valence-corrected chi connectivity index (χ4v) is 6.08. The number of rotatable bonds is 4. The van der Waals surface area contributed by atoms with Gasteiger partial charge in [0.1, 0.15) is 19.3 Å². The lowest BCUT2D eigenvalue weighted by atomic mass is 9.53. The van der Waals surface area contributed by atoms with Crippen molar-refractivity contribution in [3.05, 3.63) is 18.2 Å². The predicted molar refractivity (Wildman–Crippen MR) is 99.6 cm³/mol. The second-order valence-electron chi connectivity index (χ2n) is 8.91. The first-order chi connectivity index (χ1) is 12.6. The summed E-state index contributed by atoms with van der Waals surface area (Å²) in [4.78, 5) is 12.9. The smallest absolute Gasteiger partial charge is 0.242 e. The van der Waals surface area contributed by atoms with Crippen LogP contribution in [-0.4, -0.2) is 30.7 Å². The number of benzene rings is 1. The molecular weight excluding hydrogens is 328 g/mol. The maximum absolute atomic E-state index is 12.9. The van der Waals surface area contributed by atoms with Crippen molar-refractivity contribution < 1.29 is 14.3 Å². The number of hydrogen-bond donors (Lipinski definition) is 2. The van der Waals surface area contributed by atoms with Crippen molar-refractivity contribution in [2.45, 2.75) is 57.0 Å². The van der Waals surface area contributed by atoms with Crippen LogP contribution in [0.3, 0.4) is 0 Å². The van der Waals surface area contributed by atoms with Crippen molar-refractivity contribution in [2.24, 2.45) is 17.8 Å². The molecule has 5 aliphatic rings. The molecule has 1 atom stereocenters. The number of carbonyl (C=O) groups excluding carboxylic acids is 1. The second kappa shape index (κ2) is 6.07. The van der Waals surface area contributed by atoms with Crippen LogP contribution in [0.1, 0.15) is 45.4 Å². The summed E-state index contributed by atoms with van der Waals surface area (Å²) in [6.07, 6.45) is 7.71. The van der Waals surface area contributed by atoms with Crippen LogP contribution in [0.4, 0.5) is 5.69 Å². The highest BCUT2D eigenvalue weighted by Crippen LogP contribution is 2.55. The van der Waals surface area contributed by atoms with E-state index < -0.39 is 0 Å². The van der Waals surface area contributed by atoms with Crippen LogP contribution in [0.2, 0.25) is 0 Å². The number of anilines is 1. The Hall–Kier alpha value is -1.91. The molecule has 0 saturated heterocycles. The van der Waals surface area contributed by atoms with E-state index in [2.05, 4.69) is 10.6 Å². The largest absolute Gasteiger partial charge is 0.486 e. The minimum atomic E-state index is -0.273. The highest BCUT2D eigenvalue weighted by Gasteiger charge is 2.51. The van der Waals surface area contributed by atoms with Gasteiger partial charge in [0.25, 0.3) is 0 Å². The van der Waals surface area contributed by atoms with E-state index in [4.69, 9.17) is 9.47 Å². The van der Waals surface area contributed by atoms with Crippen LogP contribution >= 0.6 is 0 Å². The molecule has 4 fully saturated rings. The summed E-state index contributed by atoms with van der Waals surface area (Å²) in [5.41, 5.74) is 0.955. The maximum Gasteiger partial charge on any atom is 0.242 e. The molecule has 1 aliphatic heterocycles. The van der Waals surface area contributed by atoms with Gasteiger partial charge in [0.2, 0.25) is 5.91 Å². The van der Waals surface area contributed by atoms with E-state index in [-0.39, 0.29) is 17.5 Å². The molecule has 1 heterocycles. The van der Waals surface area contributed by atoms with E-state index in [0.717, 1.165) is 34.9 Å². The minimum absolute atomic E-state index is 0.0641. The Morgan fingerprint density at radius 1 is 1.04 bits per heavy atom. The van der Waals surface area contributed by atoms with E-state index >= 15 is 0 Å². The highest BCUT2D eigenvalue weighted by atomic mass is 16.6. The molecule has 5 heteroatoms. The fourth-order valence-electron chi connectivity index (χ4n) is 6.08. The Balaban J connectivity index is 1.25. The molecule has 1 aromatic carbocycles. The molecule has 26 heavy (non-hydrogen) atoms. The van der Waals surface area contributed by atoms with Gasteiger partial charge in [-0.25, -0.2) is 0 Å². The van der Waals surface area contributed by atoms with Crippen molar-refractivity contribution in [1.82, 2.24) is 5.32 Å². The van der Waals surface area contributed by atoms with Crippen LogP contribution in [-0.2, 0) is 4.79 Å². The third-order valence-electron chi connectivity index (χ3n) is 6.75. The first-order valence-corrected chi connectivity index (χ1v) is 10.1. The number of nitrogens with one attached hydrogen (secondary N) is 2. The molecule has 4 aliphatic carbocycles. The first-order valence-electron chi connectivity index (χ1n) is 10.1. The monoisotopic (exact) mass is 356 g/mol. The molecule has 4 bridgehead atoms. The van der Waals surface area contributed by atoms with Crippen molar-refractivity contribution in [1.29, 1.82) is 0 Å². The number of fused-ring (bicyclic) bond motifs is 1. The third-order valence-corrected chi connectivity index (χ3v) is 6.75. The van der Waals surface area contributed by atoms with Gasteiger partial charge in [0.05, 0.1) is 0 Å². The van der Waals surface area contributed by atoms with Crippen LogP contribution in [0.25, 0.3) is 0 Å². The average molecular weight is 356 g/mol. The summed E-state index contributed by atoms with van der Waals surface area (Å²) in [6, 6.07) is 5.50. The second-order valence-corrected chi connectivity index (χ2v) is 8.91. The summed E-state index contributed by atoms with van der Waals surface area (Å²) in [5.74, 6) is 4.14. The molecule has 140 valence electrons. The Bertz CT molecular complexity index is 682. The predicted octanol–water partition coefficient (Wildman–Crippen LogP) is 3.34. The van der Waals surface area contributed by atoms with Gasteiger partial charge in [-0.2, -0.15) is 0 Å². The van der Waals surface area contributed by atoms with Gasteiger partial charge in [-0.15, -0.1) is 0 Å². The zero-order valence-corrected chi connectivity index (χ0v) is 15.4. The average Bonchev–Trinajstić information content (AvgIpc) is 2.60. The zero-order valence-electron chi connectivity index (χ0n) is 15.4. The quantitative estimate of drug-likeness (QED) is 0.869. The van der Waals surface area contributed by atoms with Crippen molar-refractivity contribution in [3.63, 3.8) is 0 Å². The first kappa shape index (κ1) is 16.3. The van der Waals surface area contributed by atoms with Crippen molar-refractivity contribution in [3.8, 4) is 11.5 Å². The lowest BCUT2D eigenvalue weighted by Gasteiger charge is -2.57. The molecule has 2 N–H and O–H groups in total. The molecule has 0 radical (unpaired) electrons. The van der Waals surface area contributed by atoms with E-state index in [1.807, 2.05) is 25.1 Å². The normalized spacial score (nSPS) is 35.0.